The summed E-state index contributed by atoms with van der Waals surface area (Å²) >= 11 is 1.02. The lowest BCUT2D eigenvalue weighted by molar-refractivity contribution is -0.118. The second-order valence-corrected chi connectivity index (χ2v) is 7.33. The fourth-order valence-electron chi connectivity index (χ4n) is 2.71. The highest BCUT2D eigenvalue weighted by Gasteiger charge is 2.31. The van der Waals surface area contributed by atoms with Gasteiger partial charge in [0.05, 0.1) is 5.25 Å². The lowest BCUT2D eigenvalue weighted by Crippen LogP contribution is -2.25. The Labute approximate surface area is 156 Å². The van der Waals surface area contributed by atoms with E-state index in [0.717, 1.165) is 29.3 Å². The maximum absolute atomic E-state index is 11.6. The average molecular weight is 371 g/mol. The molecule has 0 aromatic heterocycles. The van der Waals surface area contributed by atoms with E-state index in [-0.39, 0.29) is 23.0 Å². The van der Waals surface area contributed by atoms with Crippen LogP contribution in [0.15, 0.2) is 48.5 Å². The van der Waals surface area contributed by atoms with Gasteiger partial charge in [0, 0.05) is 0 Å². The van der Waals surface area contributed by atoms with Gasteiger partial charge in [0.1, 0.15) is 18.5 Å². The third-order valence-corrected chi connectivity index (χ3v) is 5.27. The van der Waals surface area contributed by atoms with Crippen molar-refractivity contribution in [3.05, 3.63) is 65.2 Å². The molecular weight excluding hydrogens is 350 g/mol. The molecule has 0 spiro atoms. The van der Waals surface area contributed by atoms with E-state index in [1.54, 1.807) is 0 Å². The Bertz CT molecular complexity index is 773. The normalized spacial score (nSPS) is 17.8. The molecule has 0 aliphatic carbocycles. The van der Waals surface area contributed by atoms with E-state index in [2.05, 4.69) is 12.2 Å². The molecular formula is C20H21NO4S. The predicted octanol–water partition coefficient (Wildman–Crippen LogP) is 3.26. The second kappa shape index (κ2) is 8.38. The lowest BCUT2D eigenvalue weighted by Gasteiger charge is -2.14. The van der Waals surface area contributed by atoms with Gasteiger partial charge in [-0.2, -0.15) is 0 Å². The molecule has 3 rings (SSSR count). The summed E-state index contributed by atoms with van der Waals surface area (Å²) in [4.78, 5) is 22.8. The first-order valence-corrected chi connectivity index (χ1v) is 9.43. The monoisotopic (exact) mass is 371 g/mol. The average Bonchev–Trinajstić information content (AvgIpc) is 2.98. The van der Waals surface area contributed by atoms with Gasteiger partial charge >= 0.3 is 0 Å². The molecule has 1 heterocycles. The number of hydrogen-bond donors (Lipinski definition) is 2. The molecule has 6 heteroatoms. The van der Waals surface area contributed by atoms with Crippen LogP contribution in [0.1, 0.15) is 29.7 Å². The standard InChI is InChI=1S/C20H21NO4S/c1-2-13-3-7-15(8-4-13)17(22)12-25-16-9-5-14(6-10-16)11-18-19(23)21-20(24)26-18/h3-10,17-18,22H,2,11-12H2,1H3,(H,21,23,24). The third kappa shape index (κ3) is 4.65. The van der Waals surface area contributed by atoms with Crippen molar-refractivity contribution in [3.8, 4) is 5.75 Å². The Morgan fingerprint density at radius 2 is 1.73 bits per heavy atom. The first-order chi connectivity index (χ1) is 12.5. The van der Waals surface area contributed by atoms with Gasteiger partial charge in [0.25, 0.3) is 5.24 Å². The van der Waals surface area contributed by atoms with Crippen LogP contribution in [0.3, 0.4) is 0 Å². The summed E-state index contributed by atoms with van der Waals surface area (Å²) in [5, 5.41) is 11.9. The summed E-state index contributed by atoms with van der Waals surface area (Å²) in [6.07, 6.45) is 0.772. The molecule has 1 fully saturated rings. The minimum Gasteiger partial charge on any atom is -0.491 e. The van der Waals surface area contributed by atoms with Crippen molar-refractivity contribution < 1.29 is 19.4 Å². The molecule has 2 amide bonds. The minimum absolute atomic E-state index is 0.167. The molecule has 136 valence electrons. The largest absolute Gasteiger partial charge is 0.491 e. The number of thioether (sulfide) groups is 1. The fraction of sp³-hybridized carbons (Fsp3) is 0.300. The molecule has 1 aliphatic rings. The summed E-state index contributed by atoms with van der Waals surface area (Å²) < 4.78 is 5.65. The number of ether oxygens (including phenoxy) is 1. The van der Waals surface area contributed by atoms with E-state index in [4.69, 9.17) is 4.74 Å². The Balaban J connectivity index is 1.52. The van der Waals surface area contributed by atoms with Crippen LogP contribution in [0.4, 0.5) is 4.79 Å². The number of carbonyl (C=O) groups excluding carboxylic acids is 2. The quantitative estimate of drug-likeness (QED) is 0.781. The Morgan fingerprint density at radius 3 is 2.31 bits per heavy atom. The summed E-state index contributed by atoms with van der Waals surface area (Å²) in [5.41, 5.74) is 3.01. The van der Waals surface area contributed by atoms with Crippen LogP contribution in [0, 0.1) is 0 Å². The van der Waals surface area contributed by atoms with Crippen molar-refractivity contribution in [1.29, 1.82) is 0 Å². The molecule has 1 saturated heterocycles. The number of aryl methyl sites for hydroxylation is 1. The molecule has 26 heavy (non-hydrogen) atoms. The number of aliphatic hydroxyl groups excluding tert-OH is 1. The van der Waals surface area contributed by atoms with Gasteiger partial charge in [0.2, 0.25) is 5.91 Å². The smallest absolute Gasteiger partial charge is 0.286 e. The third-order valence-electron chi connectivity index (χ3n) is 4.29. The fourth-order valence-corrected chi connectivity index (χ4v) is 3.57. The molecule has 0 saturated carbocycles. The first-order valence-electron chi connectivity index (χ1n) is 8.55. The van der Waals surface area contributed by atoms with Gasteiger partial charge in [0.15, 0.2) is 0 Å². The topological polar surface area (TPSA) is 75.6 Å². The molecule has 2 aromatic rings. The molecule has 0 bridgehead atoms. The molecule has 0 radical (unpaired) electrons. The van der Waals surface area contributed by atoms with Crippen molar-refractivity contribution >= 4 is 22.9 Å². The number of nitrogens with one attached hydrogen (secondary N) is 1. The summed E-state index contributed by atoms with van der Waals surface area (Å²) in [6, 6.07) is 15.2. The van der Waals surface area contributed by atoms with E-state index in [0.29, 0.717) is 12.2 Å². The summed E-state index contributed by atoms with van der Waals surface area (Å²) in [7, 11) is 0. The number of imide groups is 1. The van der Waals surface area contributed by atoms with Gasteiger partial charge in [-0.05, 0) is 41.7 Å². The Hall–Kier alpha value is -2.31. The van der Waals surface area contributed by atoms with Crippen LogP contribution in [-0.2, 0) is 17.6 Å². The highest BCUT2D eigenvalue weighted by molar-refractivity contribution is 8.15. The van der Waals surface area contributed by atoms with Gasteiger partial charge in [-0.3, -0.25) is 14.9 Å². The van der Waals surface area contributed by atoms with Crippen LogP contribution in [0.2, 0.25) is 0 Å². The van der Waals surface area contributed by atoms with E-state index in [1.165, 1.54) is 5.56 Å². The maximum atomic E-state index is 11.6. The Morgan fingerprint density at radius 1 is 1.08 bits per heavy atom. The van der Waals surface area contributed by atoms with Gasteiger partial charge in [-0.15, -0.1) is 0 Å². The molecule has 2 unspecified atom stereocenters. The van der Waals surface area contributed by atoms with E-state index in [1.807, 2.05) is 48.5 Å². The van der Waals surface area contributed by atoms with Crippen molar-refractivity contribution in [3.63, 3.8) is 0 Å². The number of hydrogen-bond acceptors (Lipinski definition) is 5. The zero-order valence-corrected chi connectivity index (χ0v) is 15.3. The van der Waals surface area contributed by atoms with Crippen molar-refractivity contribution in [1.82, 2.24) is 5.32 Å². The second-order valence-electron chi connectivity index (χ2n) is 6.15. The highest BCUT2D eigenvalue weighted by atomic mass is 32.2. The minimum atomic E-state index is -0.690. The first kappa shape index (κ1) is 18.5. The van der Waals surface area contributed by atoms with E-state index < -0.39 is 6.10 Å². The number of amides is 2. The predicted molar refractivity (Wildman–Crippen MR) is 101 cm³/mol. The summed E-state index contributed by atoms with van der Waals surface area (Å²) in [5.74, 6) is 0.412. The van der Waals surface area contributed by atoms with Gasteiger partial charge in [-0.25, -0.2) is 0 Å². The van der Waals surface area contributed by atoms with E-state index >= 15 is 0 Å². The zero-order valence-electron chi connectivity index (χ0n) is 14.5. The van der Waals surface area contributed by atoms with Crippen molar-refractivity contribution in [2.75, 3.05) is 6.61 Å². The van der Waals surface area contributed by atoms with Crippen LogP contribution in [0.5, 0.6) is 5.75 Å². The number of benzene rings is 2. The lowest BCUT2D eigenvalue weighted by atomic mass is 10.1. The summed E-state index contributed by atoms with van der Waals surface area (Å²) in [6.45, 7) is 2.26. The zero-order chi connectivity index (χ0) is 18.5. The molecule has 2 atom stereocenters. The van der Waals surface area contributed by atoms with Crippen molar-refractivity contribution in [2.24, 2.45) is 0 Å². The van der Waals surface area contributed by atoms with E-state index in [9.17, 15) is 14.7 Å². The Kier molecular flexibility index (Phi) is 5.96. The molecule has 5 nitrogen and oxygen atoms in total. The maximum Gasteiger partial charge on any atom is 0.286 e. The number of aliphatic hydroxyl groups is 1. The van der Waals surface area contributed by atoms with Crippen LogP contribution in [-0.4, -0.2) is 28.1 Å². The van der Waals surface area contributed by atoms with Crippen LogP contribution >= 0.6 is 11.8 Å². The van der Waals surface area contributed by atoms with Crippen LogP contribution < -0.4 is 10.1 Å². The van der Waals surface area contributed by atoms with Crippen LogP contribution in [0.25, 0.3) is 0 Å². The molecule has 1 aliphatic heterocycles. The SMILES string of the molecule is CCc1ccc(C(O)COc2ccc(CC3SC(=O)NC3=O)cc2)cc1. The number of carbonyl (C=O) groups is 2. The molecule has 2 N–H and O–H groups in total. The van der Waals surface area contributed by atoms with Gasteiger partial charge < -0.3 is 9.84 Å². The molecule has 2 aromatic carbocycles. The number of rotatable bonds is 7. The highest BCUT2D eigenvalue weighted by Crippen LogP contribution is 2.24. The van der Waals surface area contributed by atoms with Gasteiger partial charge in [-0.1, -0.05) is 55.1 Å². The van der Waals surface area contributed by atoms with Crippen molar-refractivity contribution in [2.45, 2.75) is 31.1 Å².